The first kappa shape index (κ1) is 13.2. The number of benzene rings is 1. The summed E-state index contributed by atoms with van der Waals surface area (Å²) in [5, 5.41) is 12.6. The van der Waals surface area contributed by atoms with Crippen molar-refractivity contribution in [3.63, 3.8) is 0 Å². The Bertz CT molecular complexity index is 273. The van der Waals surface area contributed by atoms with E-state index in [0.717, 1.165) is 6.42 Å². The number of hydrogen-bond acceptors (Lipinski definition) is 2. The molecule has 0 fully saturated rings. The van der Waals surface area contributed by atoms with Gasteiger partial charge in [0.2, 0.25) is 0 Å². The van der Waals surface area contributed by atoms with Crippen molar-refractivity contribution in [1.82, 2.24) is 5.32 Å². The Morgan fingerprint density at radius 2 is 1.94 bits per heavy atom. The predicted octanol–water partition coefficient (Wildman–Crippen LogP) is 2.89. The van der Waals surface area contributed by atoms with Crippen LogP contribution < -0.4 is 5.32 Å². The molecule has 0 amide bonds. The zero-order chi connectivity index (χ0) is 11.8. The summed E-state index contributed by atoms with van der Waals surface area (Å²) in [5.74, 6) is 0. The van der Waals surface area contributed by atoms with Gasteiger partial charge in [-0.25, -0.2) is 0 Å². The van der Waals surface area contributed by atoms with Crippen molar-refractivity contribution in [2.45, 2.75) is 45.2 Å². The molecule has 0 aliphatic carbocycles. The quantitative estimate of drug-likeness (QED) is 0.742. The summed E-state index contributed by atoms with van der Waals surface area (Å²) < 4.78 is 0. The van der Waals surface area contributed by atoms with Crippen LogP contribution in [0.15, 0.2) is 30.3 Å². The number of unbranched alkanes of at least 4 members (excludes halogenated alkanes) is 1. The molecule has 0 bridgehead atoms. The lowest BCUT2D eigenvalue weighted by Crippen LogP contribution is -2.33. The molecule has 0 radical (unpaired) electrons. The number of nitrogens with one attached hydrogen (secondary N) is 1. The van der Waals surface area contributed by atoms with Crippen molar-refractivity contribution in [3.8, 4) is 0 Å². The van der Waals surface area contributed by atoms with Gasteiger partial charge in [0.25, 0.3) is 0 Å². The van der Waals surface area contributed by atoms with Crippen LogP contribution in [0, 0.1) is 0 Å². The van der Waals surface area contributed by atoms with Gasteiger partial charge in [0.15, 0.2) is 0 Å². The summed E-state index contributed by atoms with van der Waals surface area (Å²) >= 11 is 0. The summed E-state index contributed by atoms with van der Waals surface area (Å²) in [6.45, 7) is 4.41. The van der Waals surface area contributed by atoms with Gasteiger partial charge in [0.1, 0.15) is 0 Å². The van der Waals surface area contributed by atoms with E-state index in [1.54, 1.807) is 0 Å². The molecule has 0 aliphatic heterocycles. The van der Waals surface area contributed by atoms with Crippen molar-refractivity contribution in [2.24, 2.45) is 0 Å². The minimum Gasteiger partial charge on any atom is -0.395 e. The molecule has 0 saturated carbocycles. The van der Waals surface area contributed by atoms with E-state index < -0.39 is 0 Å². The molecule has 0 aliphatic rings. The average molecular weight is 221 g/mol. The SMILES string of the molecule is CCCCC(NC(C)CO)c1ccccc1. The van der Waals surface area contributed by atoms with E-state index in [4.69, 9.17) is 5.11 Å². The highest BCUT2D eigenvalue weighted by atomic mass is 16.3. The molecule has 16 heavy (non-hydrogen) atoms. The molecule has 1 aromatic rings. The Morgan fingerprint density at radius 1 is 1.25 bits per heavy atom. The average Bonchev–Trinajstić information content (AvgIpc) is 2.35. The van der Waals surface area contributed by atoms with E-state index in [2.05, 4.69) is 36.5 Å². The Morgan fingerprint density at radius 3 is 2.50 bits per heavy atom. The zero-order valence-electron chi connectivity index (χ0n) is 10.3. The van der Waals surface area contributed by atoms with Crippen molar-refractivity contribution in [1.29, 1.82) is 0 Å². The molecule has 2 nitrogen and oxygen atoms in total. The minimum absolute atomic E-state index is 0.155. The Hall–Kier alpha value is -0.860. The third-order valence-corrected chi connectivity index (χ3v) is 2.81. The fourth-order valence-corrected chi connectivity index (χ4v) is 1.84. The number of aliphatic hydroxyl groups is 1. The van der Waals surface area contributed by atoms with Gasteiger partial charge >= 0.3 is 0 Å². The van der Waals surface area contributed by atoms with Crippen molar-refractivity contribution in [2.75, 3.05) is 6.61 Å². The highest BCUT2D eigenvalue weighted by Crippen LogP contribution is 2.19. The normalized spacial score (nSPS) is 14.7. The molecule has 0 heterocycles. The smallest absolute Gasteiger partial charge is 0.0582 e. The lowest BCUT2D eigenvalue weighted by Gasteiger charge is -2.22. The Balaban J connectivity index is 2.63. The van der Waals surface area contributed by atoms with E-state index in [0.29, 0.717) is 6.04 Å². The minimum atomic E-state index is 0.155. The number of rotatable bonds is 7. The first-order valence-corrected chi connectivity index (χ1v) is 6.19. The van der Waals surface area contributed by atoms with E-state index in [9.17, 15) is 0 Å². The van der Waals surface area contributed by atoms with Gasteiger partial charge in [0, 0.05) is 12.1 Å². The van der Waals surface area contributed by atoms with Gasteiger partial charge in [-0.05, 0) is 18.9 Å². The molecule has 2 unspecified atom stereocenters. The zero-order valence-corrected chi connectivity index (χ0v) is 10.3. The van der Waals surface area contributed by atoms with Crippen molar-refractivity contribution >= 4 is 0 Å². The van der Waals surface area contributed by atoms with Crippen LogP contribution in [0.5, 0.6) is 0 Å². The van der Waals surface area contributed by atoms with Gasteiger partial charge < -0.3 is 10.4 Å². The molecule has 90 valence electrons. The molecule has 1 aromatic carbocycles. The molecule has 0 spiro atoms. The van der Waals surface area contributed by atoms with Crippen LogP contribution in [0.25, 0.3) is 0 Å². The van der Waals surface area contributed by atoms with E-state index >= 15 is 0 Å². The Labute approximate surface area is 98.7 Å². The molecule has 2 N–H and O–H groups in total. The predicted molar refractivity (Wildman–Crippen MR) is 68.4 cm³/mol. The Kier molecular flexibility index (Phi) is 6.12. The fourth-order valence-electron chi connectivity index (χ4n) is 1.84. The second-order valence-electron chi connectivity index (χ2n) is 4.36. The van der Waals surface area contributed by atoms with Crippen LogP contribution in [-0.2, 0) is 0 Å². The monoisotopic (exact) mass is 221 g/mol. The second kappa shape index (κ2) is 7.42. The molecular weight excluding hydrogens is 198 g/mol. The third-order valence-electron chi connectivity index (χ3n) is 2.81. The standard InChI is InChI=1S/C14H23NO/c1-3-4-10-14(15-12(2)11-16)13-8-6-5-7-9-13/h5-9,12,14-16H,3-4,10-11H2,1-2H3. The highest BCUT2D eigenvalue weighted by Gasteiger charge is 2.12. The van der Waals surface area contributed by atoms with E-state index in [-0.39, 0.29) is 12.6 Å². The maximum Gasteiger partial charge on any atom is 0.0582 e. The first-order valence-electron chi connectivity index (χ1n) is 6.19. The first-order chi connectivity index (χ1) is 7.77. The fraction of sp³-hybridized carbons (Fsp3) is 0.571. The van der Waals surface area contributed by atoms with Gasteiger partial charge in [-0.2, -0.15) is 0 Å². The van der Waals surface area contributed by atoms with E-state index in [1.165, 1.54) is 18.4 Å². The topological polar surface area (TPSA) is 32.3 Å². The maximum atomic E-state index is 9.09. The molecule has 1 rings (SSSR count). The van der Waals surface area contributed by atoms with Gasteiger partial charge in [-0.3, -0.25) is 0 Å². The van der Waals surface area contributed by atoms with E-state index in [1.807, 2.05) is 13.0 Å². The summed E-state index contributed by atoms with van der Waals surface area (Å²) in [6, 6.07) is 11.0. The van der Waals surface area contributed by atoms with Crippen LogP contribution in [0.4, 0.5) is 0 Å². The number of hydrogen-bond donors (Lipinski definition) is 2. The summed E-state index contributed by atoms with van der Waals surface area (Å²) in [5.41, 5.74) is 1.32. The molecule has 2 atom stereocenters. The summed E-state index contributed by atoms with van der Waals surface area (Å²) in [7, 11) is 0. The molecule has 0 saturated heterocycles. The lowest BCUT2D eigenvalue weighted by atomic mass is 10.0. The summed E-state index contributed by atoms with van der Waals surface area (Å²) in [4.78, 5) is 0. The largest absolute Gasteiger partial charge is 0.395 e. The van der Waals surface area contributed by atoms with Gasteiger partial charge in [-0.1, -0.05) is 50.1 Å². The van der Waals surface area contributed by atoms with Gasteiger partial charge in [0.05, 0.1) is 6.61 Å². The van der Waals surface area contributed by atoms with Crippen LogP contribution in [0.2, 0.25) is 0 Å². The van der Waals surface area contributed by atoms with Crippen molar-refractivity contribution in [3.05, 3.63) is 35.9 Å². The van der Waals surface area contributed by atoms with Crippen LogP contribution in [0.1, 0.15) is 44.7 Å². The lowest BCUT2D eigenvalue weighted by molar-refractivity contribution is 0.238. The third kappa shape index (κ3) is 4.33. The van der Waals surface area contributed by atoms with Crippen LogP contribution in [-0.4, -0.2) is 17.8 Å². The second-order valence-corrected chi connectivity index (χ2v) is 4.36. The summed E-state index contributed by atoms with van der Waals surface area (Å²) in [6.07, 6.45) is 3.55. The molecule has 2 heteroatoms. The van der Waals surface area contributed by atoms with Crippen LogP contribution >= 0.6 is 0 Å². The number of aliphatic hydroxyl groups excluding tert-OH is 1. The highest BCUT2D eigenvalue weighted by molar-refractivity contribution is 5.18. The molecule has 0 aromatic heterocycles. The maximum absolute atomic E-state index is 9.09. The van der Waals surface area contributed by atoms with Gasteiger partial charge in [-0.15, -0.1) is 0 Å². The molecular formula is C14H23NO. The van der Waals surface area contributed by atoms with Crippen LogP contribution in [0.3, 0.4) is 0 Å². The van der Waals surface area contributed by atoms with Crippen molar-refractivity contribution < 1.29 is 5.11 Å².